The highest BCUT2D eigenvalue weighted by Gasteiger charge is 2.17. The van der Waals surface area contributed by atoms with E-state index in [0.29, 0.717) is 36.3 Å². The van der Waals surface area contributed by atoms with Gasteiger partial charge in [-0.1, -0.05) is 12.8 Å². The molecule has 0 aromatic carbocycles. The van der Waals surface area contributed by atoms with E-state index in [0.717, 1.165) is 0 Å². The van der Waals surface area contributed by atoms with Gasteiger partial charge in [0, 0.05) is 6.07 Å². The second-order valence-electron chi connectivity index (χ2n) is 4.79. The summed E-state index contributed by atoms with van der Waals surface area (Å²) in [6.45, 7) is 2.73. The van der Waals surface area contributed by atoms with Crippen LogP contribution in [0.3, 0.4) is 0 Å². The Bertz CT molecular complexity index is 442. The molecule has 0 radical (unpaired) electrons. The van der Waals surface area contributed by atoms with E-state index in [-0.39, 0.29) is 0 Å². The third-order valence-electron chi connectivity index (χ3n) is 3.35. The van der Waals surface area contributed by atoms with Crippen molar-refractivity contribution in [2.45, 2.75) is 32.6 Å². The summed E-state index contributed by atoms with van der Waals surface area (Å²) in [4.78, 5) is 15.8. The maximum absolute atomic E-state index is 11.7. The maximum atomic E-state index is 11.7. The number of nitrogens with two attached hydrogens (primary N) is 1. The van der Waals surface area contributed by atoms with Crippen LogP contribution in [0.2, 0.25) is 0 Å². The largest absolute Gasteiger partial charge is 0.477 e. The van der Waals surface area contributed by atoms with Gasteiger partial charge in [0.25, 0.3) is 0 Å². The summed E-state index contributed by atoms with van der Waals surface area (Å²) in [5, 5.41) is 0. The van der Waals surface area contributed by atoms with Gasteiger partial charge < -0.3 is 15.2 Å². The van der Waals surface area contributed by atoms with Crippen LogP contribution in [-0.2, 0) is 4.74 Å². The smallest absolute Gasteiger partial charge is 0.340 e. The van der Waals surface area contributed by atoms with E-state index < -0.39 is 5.97 Å². The van der Waals surface area contributed by atoms with Crippen molar-refractivity contribution in [2.75, 3.05) is 18.9 Å². The lowest BCUT2D eigenvalue weighted by Crippen LogP contribution is -2.12. The third kappa shape index (κ3) is 3.59. The highest BCUT2D eigenvalue weighted by Crippen LogP contribution is 2.26. The minimum absolute atomic E-state index is 0.312. The average molecular weight is 264 g/mol. The number of nitrogens with zero attached hydrogens (tertiary/aromatic N) is 1. The summed E-state index contributed by atoms with van der Waals surface area (Å²) in [7, 11) is 0. The highest BCUT2D eigenvalue weighted by atomic mass is 16.5. The van der Waals surface area contributed by atoms with Crippen molar-refractivity contribution < 1.29 is 14.3 Å². The summed E-state index contributed by atoms with van der Waals surface area (Å²) in [6, 6.07) is 1.56. The third-order valence-corrected chi connectivity index (χ3v) is 3.35. The fourth-order valence-corrected chi connectivity index (χ4v) is 2.29. The Morgan fingerprint density at radius 3 is 2.89 bits per heavy atom. The summed E-state index contributed by atoms with van der Waals surface area (Å²) >= 11 is 0. The van der Waals surface area contributed by atoms with Gasteiger partial charge in [-0.3, -0.25) is 0 Å². The molecular formula is C14H20N2O3. The van der Waals surface area contributed by atoms with Crippen molar-refractivity contribution in [1.82, 2.24) is 4.98 Å². The minimum Gasteiger partial charge on any atom is -0.477 e. The van der Waals surface area contributed by atoms with Crippen LogP contribution in [0.5, 0.6) is 5.88 Å². The molecule has 0 unspecified atom stereocenters. The number of hydrogen-bond donors (Lipinski definition) is 1. The number of hydrogen-bond acceptors (Lipinski definition) is 5. The van der Waals surface area contributed by atoms with Gasteiger partial charge in [-0.25, -0.2) is 9.78 Å². The fourth-order valence-electron chi connectivity index (χ4n) is 2.29. The Kier molecular flexibility index (Phi) is 4.60. The SMILES string of the molecule is CCOC(=O)c1cc(OCC2CCCC2)ncc1N. The normalized spacial score (nSPS) is 15.4. The molecule has 5 heteroatoms. The van der Waals surface area contributed by atoms with Gasteiger partial charge in [-0.05, 0) is 25.7 Å². The van der Waals surface area contributed by atoms with Crippen molar-refractivity contribution >= 4 is 11.7 Å². The zero-order valence-corrected chi connectivity index (χ0v) is 11.2. The molecule has 1 aromatic heterocycles. The summed E-state index contributed by atoms with van der Waals surface area (Å²) in [6.07, 6.45) is 6.41. The lowest BCUT2D eigenvalue weighted by Gasteiger charge is -2.12. The van der Waals surface area contributed by atoms with Gasteiger partial charge in [0.05, 0.1) is 30.7 Å². The minimum atomic E-state index is -0.437. The van der Waals surface area contributed by atoms with Crippen LogP contribution in [0.1, 0.15) is 43.0 Å². The van der Waals surface area contributed by atoms with E-state index in [1.54, 1.807) is 13.0 Å². The lowest BCUT2D eigenvalue weighted by atomic mass is 10.1. The average Bonchev–Trinajstić information content (AvgIpc) is 2.91. The van der Waals surface area contributed by atoms with Crippen molar-refractivity contribution in [1.29, 1.82) is 0 Å². The van der Waals surface area contributed by atoms with E-state index in [9.17, 15) is 4.79 Å². The second kappa shape index (κ2) is 6.41. The van der Waals surface area contributed by atoms with E-state index in [1.165, 1.54) is 31.9 Å². The first kappa shape index (κ1) is 13.6. The molecule has 0 amide bonds. The molecule has 0 atom stereocenters. The van der Waals surface area contributed by atoms with Crippen LogP contribution < -0.4 is 10.5 Å². The van der Waals surface area contributed by atoms with Gasteiger partial charge in [-0.15, -0.1) is 0 Å². The Morgan fingerprint density at radius 2 is 2.21 bits per heavy atom. The summed E-state index contributed by atoms with van der Waals surface area (Å²) in [5.41, 5.74) is 6.35. The molecule has 104 valence electrons. The first-order chi connectivity index (χ1) is 9.20. The number of nitrogen functional groups attached to an aromatic ring is 1. The summed E-state index contributed by atoms with van der Waals surface area (Å²) < 4.78 is 10.6. The highest BCUT2D eigenvalue weighted by molar-refractivity contribution is 5.95. The monoisotopic (exact) mass is 264 g/mol. The first-order valence-electron chi connectivity index (χ1n) is 6.76. The van der Waals surface area contributed by atoms with E-state index >= 15 is 0 Å². The van der Waals surface area contributed by atoms with Gasteiger partial charge in [-0.2, -0.15) is 0 Å². The molecular weight excluding hydrogens is 244 g/mol. The van der Waals surface area contributed by atoms with Crippen molar-refractivity contribution in [2.24, 2.45) is 5.92 Å². The number of rotatable bonds is 5. The second-order valence-corrected chi connectivity index (χ2v) is 4.79. The topological polar surface area (TPSA) is 74.4 Å². The molecule has 0 bridgehead atoms. The van der Waals surface area contributed by atoms with Crippen LogP contribution in [0.4, 0.5) is 5.69 Å². The summed E-state index contributed by atoms with van der Waals surface area (Å²) in [5.74, 6) is 0.600. The fraction of sp³-hybridized carbons (Fsp3) is 0.571. The zero-order chi connectivity index (χ0) is 13.7. The molecule has 1 aromatic rings. The number of aromatic nitrogens is 1. The number of carbonyl (C=O) groups excluding carboxylic acids is 1. The number of anilines is 1. The Balaban J connectivity index is 2.00. The Hall–Kier alpha value is -1.78. The predicted octanol–water partition coefficient (Wildman–Crippen LogP) is 2.41. The number of ether oxygens (including phenoxy) is 2. The van der Waals surface area contributed by atoms with Crippen LogP contribution in [0, 0.1) is 5.92 Å². The predicted molar refractivity (Wildman–Crippen MR) is 72.1 cm³/mol. The molecule has 2 rings (SSSR count). The molecule has 1 aliphatic rings. The number of esters is 1. The molecule has 0 aliphatic heterocycles. The molecule has 1 heterocycles. The molecule has 0 saturated heterocycles. The van der Waals surface area contributed by atoms with E-state index in [4.69, 9.17) is 15.2 Å². The quantitative estimate of drug-likeness (QED) is 0.827. The van der Waals surface area contributed by atoms with Crippen LogP contribution >= 0.6 is 0 Å². The molecule has 2 N–H and O–H groups in total. The standard InChI is InChI=1S/C14H20N2O3/c1-2-18-14(17)11-7-13(16-8-12(11)15)19-9-10-5-3-4-6-10/h7-8,10H,2-6,9,15H2,1H3. The number of carbonyl (C=O) groups is 1. The van der Waals surface area contributed by atoms with E-state index in [1.807, 2.05) is 0 Å². The zero-order valence-electron chi connectivity index (χ0n) is 11.2. The molecule has 1 aliphatic carbocycles. The maximum Gasteiger partial charge on any atom is 0.340 e. The molecule has 0 spiro atoms. The van der Waals surface area contributed by atoms with Crippen molar-refractivity contribution in [3.05, 3.63) is 17.8 Å². The molecule has 5 nitrogen and oxygen atoms in total. The number of pyridine rings is 1. The molecule has 1 saturated carbocycles. The lowest BCUT2D eigenvalue weighted by molar-refractivity contribution is 0.0527. The van der Waals surface area contributed by atoms with Gasteiger partial charge in [0.2, 0.25) is 5.88 Å². The van der Waals surface area contributed by atoms with Gasteiger partial charge in [0.15, 0.2) is 0 Å². The van der Waals surface area contributed by atoms with Crippen molar-refractivity contribution in [3.8, 4) is 5.88 Å². The van der Waals surface area contributed by atoms with Gasteiger partial charge >= 0.3 is 5.97 Å². The molecule has 19 heavy (non-hydrogen) atoms. The van der Waals surface area contributed by atoms with Crippen LogP contribution in [0.25, 0.3) is 0 Å². The Morgan fingerprint density at radius 1 is 1.47 bits per heavy atom. The van der Waals surface area contributed by atoms with Gasteiger partial charge in [0.1, 0.15) is 0 Å². The van der Waals surface area contributed by atoms with E-state index in [2.05, 4.69) is 4.98 Å². The first-order valence-corrected chi connectivity index (χ1v) is 6.76. The Labute approximate surface area is 113 Å². The van der Waals surface area contributed by atoms with Crippen LogP contribution in [0.15, 0.2) is 12.3 Å². The molecule has 1 fully saturated rings. The van der Waals surface area contributed by atoms with Crippen molar-refractivity contribution in [3.63, 3.8) is 0 Å². The van der Waals surface area contributed by atoms with Crippen LogP contribution in [-0.4, -0.2) is 24.2 Å².